The van der Waals surface area contributed by atoms with E-state index in [1.807, 2.05) is 5.38 Å². The molecular formula is C10H14N2OS. The average Bonchev–Trinajstić information content (AvgIpc) is 2.88. The summed E-state index contributed by atoms with van der Waals surface area (Å²) in [5.41, 5.74) is 6.08. The zero-order chi connectivity index (χ0) is 9.97. The first-order valence-electron chi connectivity index (χ1n) is 5.00. The van der Waals surface area contributed by atoms with Crippen LogP contribution in [0.5, 0.6) is 0 Å². The Labute approximate surface area is 87.3 Å². The van der Waals surface area contributed by atoms with Crippen LogP contribution in [-0.4, -0.2) is 10.8 Å². The first kappa shape index (κ1) is 9.80. The Bertz CT molecular complexity index is 329. The molecule has 1 aliphatic carbocycles. The molecule has 14 heavy (non-hydrogen) atoms. The lowest BCUT2D eigenvalue weighted by Gasteiger charge is -2.03. The molecule has 2 N–H and O–H groups in total. The van der Waals surface area contributed by atoms with E-state index >= 15 is 0 Å². The minimum absolute atomic E-state index is 0.221. The van der Waals surface area contributed by atoms with Gasteiger partial charge in [-0.05, 0) is 12.8 Å². The lowest BCUT2D eigenvalue weighted by molar-refractivity contribution is 0.0918. The fraction of sp³-hybridized carbons (Fsp3) is 0.600. The highest BCUT2D eigenvalue weighted by Gasteiger charge is 2.25. The van der Waals surface area contributed by atoms with Crippen LogP contribution < -0.4 is 5.73 Å². The lowest BCUT2D eigenvalue weighted by atomic mass is 10.0. The van der Waals surface area contributed by atoms with E-state index < -0.39 is 0 Å². The van der Waals surface area contributed by atoms with Crippen molar-refractivity contribution in [3.63, 3.8) is 0 Å². The van der Waals surface area contributed by atoms with Gasteiger partial charge < -0.3 is 5.73 Å². The maximum absolute atomic E-state index is 11.9. The fourth-order valence-corrected chi connectivity index (χ4v) is 2.58. The predicted octanol–water partition coefficient (Wildman–Crippen LogP) is 1.97. The second-order valence-electron chi connectivity index (χ2n) is 3.68. The minimum atomic E-state index is 0.221. The Morgan fingerprint density at radius 2 is 2.29 bits per heavy atom. The van der Waals surface area contributed by atoms with Gasteiger partial charge in [0.2, 0.25) is 0 Å². The molecule has 1 aromatic heterocycles. The zero-order valence-corrected chi connectivity index (χ0v) is 8.85. The number of thiazole rings is 1. The molecule has 1 heterocycles. The van der Waals surface area contributed by atoms with Gasteiger partial charge in [0.05, 0.1) is 0 Å². The SMILES string of the molecule is NCc1nc(C(=O)C2CCCC2)cs1. The summed E-state index contributed by atoms with van der Waals surface area (Å²) in [6, 6.07) is 0. The standard InChI is InChI=1S/C10H14N2OS/c11-5-9-12-8(6-14-9)10(13)7-3-1-2-4-7/h6-7H,1-5,11H2. The number of carbonyl (C=O) groups excluding carboxylic acids is 1. The molecule has 0 aliphatic heterocycles. The molecule has 76 valence electrons. The van der Waals surface area contributed by atoms with Crippen LogP contribution in [0.2, 0.25) is 0 Å². The Balaban J connectivity index is 2.09. The van der Waals surface area contributed by atoms with Crippen LogP contribution in [0.25, 0.3) is 0 Å². The molecule has 0 amide bonds. The summed E-state index contributed by atoms with van der Waals surface area (Å²) in [6.45, 7) is 0.433. The summed E-state index contributed by atoms with van der Waals surface area (Å²) in [6.07, 6.45) is 4.44. The highest BCUT2D eigenvalue weighted by atomic mass is 32.1. The molecule has 4 heteroatoms. The van der Waals surface area contributed by atoms with Gasteiger partial charge in [-0.25, -0.2) is 4.98 Å². The molecule has 3 nitrogen and oxygen atoms in total. The zero-order valence-electron chi connectivity index (χ0n) is 8.03. The molecule has 1 saturated carbocycles. The molecule has 0 unspecified atom stereocenters. The highest BCUT2D eigenvalue weighted by Crippen LogP contribution is 2.28. The summed E-state index contributed by atoms with van der Waals surface area (Å²) in [4.78, 5) is 16.1. The monoisotopic (exact) mass is 210 g/mol. The van der Waals surface area contributed by atoms with Crippen LogP contribution >= 0.6 is 11.3 Å². The number of rotatable bonds is 3. The molecule has 0 aromatic carbocycles. The van der Waals surface area contributed by atoms with Gasteiger partial charge in [0.25, 0.3) is 0 Å². The third kappa shape index (κ3) is 1.86. The van der Waals surface area contributed by atoms with Gasteiger partial charge in [-0.15, -0.1) is 11.3 Å². The number of hydrogen-bond donors (Lipinski definition) is 1. The fourth-order valence-electron chi connectivity index (χ4n) is 1.91. The molecule has 2 rings (SSSR count). The van der Waals surface area contributed by atoms with Crippen molar-refractivity contribution in [2.24, 2.45) is 11.7 Å². The number of carbonyl (C=O) groups is 1. The first-order valence-corrected chi connectivity index (χ1v) is 5.88. The van der Waals surface area contributed by atoms with Gasteiger partial charge in [0, 0.05) is 17.8 Å². The van der Waals surface area contributed by atoms with Crippen LogP contribution in [-0.2, 0) is 6.54 Å². The van der Waals surface area contributed by atoms with Gasteiger partial charge in [0.1, 0.15) is 10.7 Å². The largest absolute Gasteiger partial charge is 0.325 e. The molecule has 0 bridgehead atoms. The van der Waals surface area contributed by atoms with Crippen molar-refractivity contribution >= 4 is 17.1 Å². The number of hydrogen-bond acceptors (Lipinski definition) is 4. The molecule has 0 spiro atoms. The number of nitrogens with zero attached hydrogens (tertiary/aromatic N) is 1. The molecular weight excluding hydrogens is 196 g/mol. The molecule has 1 aliphatic rings. The van der Waals surface area contributed by atoms with E-state index in [2.05, 4.69) is 4.98 Å². The summed E-state index contributed by atoms with van der Waals surface area (Å²) in [7, 11) is 0. The van der Waals surface area contributed by atoms with Crippen molar-refractivity contribution in [3.8, 4) is 0 Å². The Hall–Kier alpha value is -0.740. The number of Topliss-reactive ketones (excluding diaryl/α,β-unsaturated/α-hetero) is 1. The van der Waals surface area contributed by atoms with Crippen LogP contribution in [0.4, 0.5) is 0 Å². The van der Waals surface area contributed by atoms with Gasteiger partial charge in [-0.1, -0.05) is 12.8 Å². The van der Waals surface area contributed by atoms with Gasteiger partial charge >= 0.3 is 0 Å². The molecule has 1 aromatic rings. The van der Waals surface area contributed by atoms with Gasteiger partial charge in [0.15, 0.2) is 5.78 Å². The summed E-state index contributed by atoms with van der Waals surface area (Å²) >= 11 is 1.48. The van der Waals surface area contributed by atoms with Crippen molar-refractivity contribution in [3.05, 3.63) is 16.1 Å². The number of aromatic nitrogens is 1. The molecule has 1 fully saturated rings. The smallest absolute Gasteiger partial charge is 0.185 e. The summed E-state index contributed by atoms with van der Waals surface area (Å²) in [5.74, 6) is 0.446. The minimum Gasteiger partial charge on any atom is -0.325 e. The molecule has 0 atom stereocenters. The van der Waals surface area contributed by atoms with Crippen LogP contribution in [0.1, 0.15) is 41.2 Å². The quantitative estimate of drug-likeness (QED) is 0.776. The van der Waals surface area contributed by atoms with Crippen molar-refractivity contribution in [1.82, 2.24) is 4.98 Å². The van der Waals surface area contributed by atoms with Crippen molar-refractivity contribution in [1.29, 1.82) is 0 Å². The van der Waals surface area contributed by atoms with Crippen molar-refractivity contribution < 1.29 is 4.79 Å². The normalized spacial score (nSPS) is 17.5. The van der Waals surface area contributed by atoms with E-state index in [0.29, 0.717) is 12.2 Å². The maximum Gasteiger partial charge on any atom is 0.185 e. The maximum atomic E-state index is 11.9. The van der Waals surface area contributed by atoms with E-state index in [4.69, 9.17) is 5.73 Å². The average molecular weight is 210 g/mol. The van der Waals surface area contributed by atoms with Crippen LogP contribution in [0.3, 0.4) is 0 Å². The molecule has 0 saturated heterocycles. The Morgan fingerprint density at radius 3 is 2.86 bits per heavy atom. The topological polar surface area (TPSA) is 56.0 Å². The lowest BCUT2D eigenvalue weighted by Crippen LogP contribution is -2.11. The van der Waals surface area contributed by atoms with E-state index in [0.717, 1.165) is 17.8 Å². The predicted molar refractivity (Wildman–Crippen MR) is 56.3 cm³/mol. The third-order valence-electron chi connectivity index (χ3n) is 2.70. The summed E-state index contributed by atoms with van der Waals surface area (Å²) < 4.78 is 0. The van der Waals surface area contributed by atoms with Crippen molar-refractivity contribution in [2.45, 2.75) is 32.2 Å². The highest BCUT2D eigenvalue weighted by molar-refractivity contribution is 7.09. The van der Waals surface area contributed by atoms with Gasteiger partial charge in [-0.2, -0.15) is 0 Å². The van der Waals surface area contributed by atoms with E-state index in [9.17, 15) is 4.79 Å². The van der Waals surface area contributed by atoms with Crippen molar-refractivity contribution in [2.75, 3.05) is 0 Å². The van der Waals surface area contributed by atoms with E-state index in [1.54, 1.807) is 0 Å². The van der Waals surface area contributed by atoms with E-state index in [-0.39, 0.29) is 11.7 Å². The molecule has 0 radical (unpaired) electrons. The third-order valence-corrected chi connectivity index (χ3v) is 3.58. The number of ketones is 1. The first-order chi connectivity index (χ1) is 6.81. The Kier molecular flexibility index (Phi) is 2.93. The Morgan fingerprint density at radius 1 is 1.57 bits per heavy atom. The van der Waals surface area contributed by atoms with Crippen LogP contribution in [0.15, 0.2) is 5.38 Å². The second-order valence-corrected chi connectivity index (χ2v) is 4.62. The van der Waals surface area contributed by atoms with E-state index in [1.165, 1.54) is 24.2 Å². The van der Waals surface area contributed by atoms with Crippen LogP contribution in [0, 0.1) is 5.92 Å². The number of nitrogens with two attached hydrogens (primary N) is 1. The van der Waals surface area contributed by atoms with Gasteiger partial charge in [-0.3, -0.25) is 4.79 Å². The second kappa shape index (κ2) is 4.19. The summed E-state index contributed by atoms with van der Waals surface area (Å²) in [5, 5.41) is 2.69.